The van der Waals surface area contributed by atoms with Gasteiger partial charge in [0.25, 0.3) is 0 Å². The summed E-state index contributed by atoms with van der Waals surface area (Å²) in [5.74, 6) is 0.832. The molecule has 1 aromatic rings. The molecule has 0 bridgehead atoms. The molecule has 0 atom stereocenters. The predicted octanol–water partition coefficient (Wildman–Crippen LogP) is 0.966. The van der Waals surface area contributed by atoms with Gasteiger partial charge >= 0.3 is 0 Å². The molecule has 0 unspecified atom stereocenters. The average Bonchev–Trinajstić information content (AvgIpc) is 3.03. The molecule has 9 heteroatoms. The van der Waals surface area contributed by atoms with Crippen LogP contribution in [-0.2, 0) is 21.2 Å². The van der Waals surface area contributed by atoms with E-state index in [2.05, 4.69) is 10.2 Å². The molecule has 3 N–H and O–H groups in total. The Bertz CT molecular complexity index is 764. The summed E-state index contributed by atoms with van der Waals surface area (Å²) >= 11 is 0. The number of nitrogens with two attached hydrogens (primary N) is 1. The normalized spacial score (nSPS) is 18.2. The first-order valence-electron chi connectivity index (χ1n) is 9.21. The van der Waals surface area contributed by atoms with E-state index >= 15 is 0 Å². The third-order valence-corrected chi connectivity index (χ3v) is 6.36. The minimum absolute atomic E-state index is 0. The van der Waals surface area contributed by atoms with Gasteiger partial charge in [-0.15, -0.1) is 12.4 Å². The summed E-state index contributed by atoms with van der Waals surface area (Å²) in [6.45, 7) is 4.00. The van der Waals surface area contributed by atoms with Gasteiger partial charge in [0.1, 0.15) is 0 Å². The number of sulfonamides is 1. The van der Waals surface area contributed by atoms with Crippen molar-refractivity contribution in [1.29, 1.82) is 0 Å². The van der Waals surface area contributed by atoms with Crippen LogP contribution in [0.1, 0.15) is 24.8 Å². The molecule has 2 aliphatic heterocycles. The maximum absolute atomic E-state index is 12.7. The van der Waals surface area contributed by atoms with Crippen LogP contribution in [0.5, 0.6) is 0 Å². The number of halogens is 1. The summed E-state index contributed by atoms with van der Waals surface area (Å²) in [6, 6.07) is 4.77. The van der Waals surface area contributed by atoms with Gasteiger partial charge in [0.05, 0.1) is 11.4 Å². The number of benzene rings is 1. The molecule has 3 rings (SSSR count). The van der Waals surface area contributed by atoms with Gasteiger partial charge in [-0.1, -0.05) is 0 Å². The van der Waals surface area contributed by atoms with Crippen molar-refractivity contribution < 1.29 is 13.2 Å². The Balaban J connectivity index is 0.00000261. The van der Waals surface area contributed by atoms with Crippen molar-refractivity contribution in [2.75, 3.05) is 44.7 Å². The van der Waals surface area contributed by atoms with E-state index in [1.54, 1.807) is 17.0 Å². The second kappa shape index (κ2) is 9.34. The summed E-state index contributed by atoms with van der Waals surface area (Å²) in [4.78, 5) is 16.9. The number of rotatable bonds is 6. The highest BCUT2D eigenvalue weighted by atomic mass is 35.5. The molecule has 2 heterocycles. The first-order valence-corrected chi connectivity index (χ1v) is 10.8. The van der Waals surface area contributed by atoms with E-state index in [4.69, 9.17) is 5.14 Å². The number of carbonyl (C=O) groups excluding carboxylic acids is 1. The number of nitrogens with zero attached hydrogens (tertiary/aromatic N) is 2. The summed E-state index contributed by atoms with van der Waals surface area (Å²) in [6.07, 6.45) is 4.15. The van der Waals surface area contributed by atoms with E-state index in [0.29, 0.717) is 19.5 Å². The quantitative estimate of drug-likeness (QED) is 0.720. The lowest BCUT2D eigenvalue weighted by Gasteiger charge is -2.32. The molecular weight excluding hydrogens is 388 g/mol. The molecular formula is C18H29ClN4O3S. The van der Waals surface area contributed by atoms with Crippen LogP contribution in [0.4, 0.5) is 5.69 Å². The maximum Gasteiger partial charge on any atom is 0.241 e. The number of piperidine rings is 1. The van der Waals surface area contributed by atoms with Gasteiger partial charge in [0.2, 0.25) is 15.9 Å². The molecule has 152 valence electrons. The van der Waals surface area contributed by atoms with E-state index in [1.807, 2.05) is 7.05 Å². The van der Waals surface area contributed by atoms with Crippen molar-refractivity contribution in [1.82, 2.24) is 10.2 Å². The first-order chi connectivity index (χ1) is 12.4. The number of nitrogens with one attached hydrogen (secondary N) is 1. The van der Waals surface area contributed by atoms with Gasteiger partial charge in [0, 0.05) is 12.2 Å². The number of fused-ring (bicyclic) bond motifs is 1. The SMILES string of the molecule is CNCCC1CCN(CC(=O)N2CCc3cc(S(N)(=O)=O)ccc32)CC1.Cl. The molecule has 1 saturated heterocycles. The number of carbonyl (C=O) groups is 1. The molecule has 1 aromatic carbocycles. The third kappa shape index (κ3) is 5.42. The fraction of sp³-hybridized carbons (Fsp3) is 0.611. The van der Waals surface area contributed by atoms with Crippen molar-refractivity contribution in [3.63, 3.8) is 0 Å². The Morgan fingerprint density at radius 1 is 1.26 bits per heavy atom. The average molecular weight is 417 g/mol. The molecule has 0 spiro atoms. The van der Waals surface area contributed by atoms with Crippen LogP contribution in [-0.4, -0.2) is 59.0 Å². The molecule has 7 nitrogen and oxygen atoms in total. The van der Waals surface area contributed by atoms with Gasteiger partial charge in [-0.05, 0) is 82.0 Å². The lowest BCUT2D eigenvalue weighted by molar-refractivity contribution is -0.120. The van der Waals surface area contributed by atoms with Crippen molar-refractivity contribution >= 4 is 34.0 Å². The van der Waals surface area contributed by atoms with Crippen LogP contribution in [0.15, 0.2) is 23.1 Å². The zero-order valence-electron chi connectivity index (χ0n) is 15.7. The molecule has 0 aliphatic carbocycles. The number of hydrogen-bond acceptors (Lipinski definition) is 5. The van der Waals surface area contributed by atoms with E-state index in [-0.39, 0.29) is 23.2 Å². The molecule has 0 radical (unpaired) electrons. The minimum atomic E-state index is -3.71. The van der Waals surface area contributed by atoms with Crippen LogP contribution in [0.3, 0.4) is 0 Å². The minimum Gasteiger partial charge on any atom is -0.320 e. The van der Waals surface area contributed by atoms with Crippen molar-refractivity contribution in [2.24, 2.45) is 11.1 Å². The third-order valence-electron chi connectivity index (χ3n) is 5.44. The van der Waals surface area contributed by atoms with E-state index < -0.39 is 10.0 Å². The molecule has 1 amide bonds. The van der Waals surface area contributed by atoms with Crippen LogP contribution >= 0.6 is 12.4 Å². The molecule has 27 heavy (non-hydrogen) atoms. The zero-order valence-corrected chi connectivity index (χ0v) is 17.3. The van der Waals surface area contributed by atoms with E-state index in [1.165, 1.54) is 12.5 Å². The van der Waals surface area contributed by atoms with Crippen LogP contribution in [0.25, 0.3) is 0 Å². The lowest BCUT2D eigenvalue weighted by atomic mass is 9.93. The summed E-state index contributed by atoms with van der Waals surface area (Å²) < 4.78 is 23.0. The Morgan fingerprint density at radius 2 is 1.96 bits per heavy atom. The summed E-state index contributed by atoms with van der Waals surface area (Å²) in [5, 5.41) is 8.39. The number of anilines is 1. The van der Waals surface area contributed by atoms with Gasteiger partial charge in [-0.2, -0.15) is 0 Å². The Labute approximate surface area is 167 Å². The molecule has 1 fully saturated rings. The Morgan fingerprint density at radius 3 is 2.59 bits per heavy atom. The Kier molecular flexibility index (Phi) is 7.64. The highest BCUT2D eigenvalue weighted by molar-refractivity contribution is 7.89. The fourth-order valence-corrected chi connectivity index (χ4v) is 4.44. The first kappa shape index (κ1) is 22.1. The highest BCUT2D eigenvalue weighted by Gasteiger charge is 2.28. The smallest absolute Gasteiger partial charge is 0.241 e. The summed E-state index contributed by atoms with van der Waals surface area (Å²) in [5.41, 5.74) is 1.68. The topological polar surface area (TPSA) is 95.7 Å². The van der Waals surface area contributed by atoms with Gasteiger partial charge in [-0.25, -0.2) is 13.6 Å². The van der Waals surface area contributed by atoms with E-state index in [0.717, 1.165) is 49.6 Å². The standard InChI is InChI=1S/C18H28N4O3S.ClH/c1-20-8-4-14-5-9-21(10-6-14)13-18(23)22-11-7-15-12-16(26(19,24)25)2-3-17(15)22;/h2-3,12,14,20H,4-11,13H2,1H3,(H2,19,24,25);1H. The van der Waals surface area contributed by atoms with Crippen LogP contribution < -0.4 is 15.4 Å². The maximum atomic E-state index is 12.7. The van der Waals surface area contributed by atoms with E-state index in [9.17, 15) is 13.2 Å². The predicted molar refractivity (Wildman–Crippen MR) is 109 cm³/mol. The largest absolute Gasteiger partial charge is 0.320 e. The van der Waals surface area contributed by atoms with Crippen molar-refractivity contribution in [2.45, 2.75) is 30.6 Å². The number of hydrogen-bond donors (Lipinski definition) is 2. The van der Waals surface area contributed by atoms with Crippen molar-refractivity contribution in [3.8, 4) is 0 Å². The monoisotopic (exact) mass is 416 g/mol. The number of likely N-dealkylation sites (tertiary alicyclic amines) is 1. The molecule has 0 aromatic heterocycles. The van der Waals surface area contributed by atoms with Gasteiger partial charge in [0.15, 0.2) is 0 Å². The second-order valence-corrected chi connectivity index (χ2v) is 8.80. The molecule has 0 saturated carbocycles. The second-order valence-electron chi connectivity index (χ2n) is 7.24. The lowest BCUT2D eigenvalue weighted by Crippen LogP contribution is -2.43. The van der Waals surface area contributed by atoms with Gasteiger partial charge in [-0.3, -0.25) is 9.69 Å². The molecule has 2 aliphatic rings. The fourth-order valence-electron chi connectivity index (χ4n) is 3.87. The zero-order chi connectivity index (χ0) is 18.7. The van der Waals surface area contributed by atoms with Crippen LogP contribution in [0, 0.1) is 5.92 Å². The van der Waals surface area contributed by atoms with Gasteiger partial charge < -0.3 is 10.2 Å². The van der Waals surface area contributed by atoms with Crippen LogP contribution in [0.2, 0.25) is 0 Å². The number of amides is 1. The summed E-state index contributed by atoms with van der Waals surface area (Å²) in [7, 11) is -1.73. The highest BCUT2D eigenvalue weighted by Crippen LogP contribution is 2.30. The number of primary sulfonamides is 1. The van der Waals surface area contributed by atoms with Crippen molar-refractivity contribution in [3.05, 3.63) is 23.8 Å². The Hall–Kier alpha value is -1.19.